The maximum Gasteiger partial charge on any atom is 0.242 e. The van der Waals surface area contributed by atoms with E-state index in [2.05, 4.69) is 17.5 Å². The highest BCUT2D eigenvalue weighted by atomic mass is 32.1. The maximum atomic E-state index is 13.2. The number of benzene rings is 1. The summed E-state index contributed by atoms with van der Waals surface area (Å²) in [4.78, 5) is 26.1. The highest BCUT2D eigenvalue weighted by molar-refractivity contribution is 7.08. The molecule has 1 aromatic heterocycles. The molecule has 2 atom stereocenters. The van der Waals surface area contributed by atoms with Crippen molar-refractivity contribution in [2.45, 2.75) is 31.1 Å². The van der Waals surface area contributed by atoms with Gasteiger partial charge in [-0.15, -0.1) is 0 Å². The minimum absolute atomic E-state index is 0.0615. The number of amides is 1. The molecule has 0 saturated carbocycles. The van der Waals surface area contributed by atoms with Crippen LogP contribution in [0.3, 0.4) is 0 Å². The first-order valence-electron chi connectivity index (χ1n) is 8.89. The number of carbonyl (C=O) groups excluding carboxylic acids is 2. The van der Waals surface area contributed by atoms with E-state index in [1.165, 1.54) is 0 Å². The van der Waals surface area contributed by atoms with Crippen LogP contribution in [0.4, 0.5) is 0 Å². The summed E-state index contributed by atoms with van der Waals surface area (Å²) in [5.41, 5.74) is 3.97. The second kappa shape index (κ2) is 6.82. The summed E-state index contributed by atoms with van der Waals surface area (Å²) in [6.07, 6.45) is 1.59. The van der Waals surface area contributed by atoms with Gasteiger partial charge in [-0.1, -0.05) is 30.3 Å². The molecule has 2 aliphatic rings. The van der Waals surface area contributed by atoms with Gasteiger partial charge in [0.05, 0.1) is 0 Å². The highest BCUT2D eigenvalue weighted by Crippen LogP contribution is 2.46. The number of allylic oxidation sites excluding steroid dienone is 2. The first-order chi connectivity index (χ1) is 12.6. The monoisotopic (exact) mass is 366 g/mol. The molecule has 1 amide bonds. The summed E-state index contributed by atoms with van der Waals surface area (Å²) in [5.74, 6) is 0.255. The number of rotatable bonds is 3. The topological polar surface area (TPSA) is 40.6 Å². The van der Waals surface area contributed by atoms with Crippen molar-refractivity contribution in [3.05, 3.63) is 69.6 Å². The Balaban J connectivity index is 1.80. The third-order valence-corrected chi connectivity index (χ3v) is 6.02. The second-order valence-corrected chi connectivity index (χ2v) is 7.95. The fraction of sp³-hybridized carbons (Fsp3) is 0.333. The van der Waals surface area contributed by atoms with Gasteiger partial charge in [-0.25, -0.2) is 10.0 Å². The Morgan fingerprint density at radius 2 is 1.77 bits per heavy atom. The van der Waals surface area contributed by atoms with Crippen molar-refractivity contribution >= 4 is 23.0 Å². The molecule has 2 heterocycles. The van der Waals surface area contributed by atoms with Gasteiger partial charge in [0.25, 0.3) is 0 Å². The van der Waals surface area contributed by atoms with Crippen LogP contribution in [0.25, 0.3) is 0 Å². The fourth-order valence-electron chi connectivity index (χ4n) is 4.20. The average molecular weight is 366 g/mol. The average Bonchev–Trinajstić information content (AvgIpc) is 3.15. The lowest BCUT2D eigenvalue weighted by Crippen LogP contribution is -2.47. The summed E-state index contributed by atoms with van der Waals surface area (Å²) in [7, 11) is 3.73. The van der Waals surface area contributed by atoms with Crippen molar-refractivity contribution in [3.63, 3.8) is 0 Å². The van der Waals surface area contributed by atoms with E-state index in [0.717, 1.165) is 28.8 Å². The molecule has 1 aromatic carbocycles. The third-order valence-electron chi connectivity index (χ3n) is 5.32. The minimum Gasteiger partial charge on any atom is -0.294 e. The van der Waals surface area contributed by atoms with Gasteiger partial charge >= 0.3 is 0 Å². The van der Waals surface area contributed by atoms with Crippen molar-refractivity contribution < 1.29 is 9.59 Å². The molecule has 0 spiro atoms. The molecule has 0 unspecified atom stereocenters. The van der Waals surface area contributed by atoms with Crippen LogP contribution in [-0.4, -0.2) is 35.8 Å². The van der Waals surface area contributed by atoms with E-state index in [1.807, 2.05) is 48.7 Å². The van der Waals surface area contributed by atoms with Gasteiger partial charge in [-0.05, 0) is 40.3 Å². The Kier molecular flexibility index (Phi) is 4.51. The number of hydrogen-bond acceptors (Lipinski definition) is 4. The lowest BCUT2D eigenvalue weighted by atomic mass is 9.73. The normalized spacial score (nSPS) is 23.6. The van der Waals surface area contributed by atoms with Crippen LogP contribution in [0.15, 0.2) is 58.4 Å². The molecule has 4 rings (SSSR count). The SMILES string of the molecule is CN(C)N1C(=O)C[C@H](c2ccsc2)C2=C1C[C@H](c1ccccc1)CC2=O. The second-order valence-electron chi connectivity index (χ2n) is 7.17. The smallest absolute Gasteiger partial charge is 0.242 e. The molecule has 0 fully saturated rings. The molecule has 1 aliphatic heterocycles. The quantitative estimate of drug-likeness (QED) is 0.826. The lowest BCUT2D eigenvalue weighted by Gasteiger charge is -2.42. The van der Waals surface area contributed by atoms with Gasteiger partial charge in [0, 0.05) is 44.1 Å². The maximum absolute atomic E-state index is 13.2. The number of carbonyl (C=O) groups is 2. The third kappa shape index (κ3) is 2.91. The molecule has 4 nitrogen and oxygen atoms in total. The van der Waals surface area contributed by atoms with Gasteiger partial charge in [0.1, 0.15) is 0 Å². The molecule has 5 heteroatoms. The van der Waals surface area contributed by atoms with Crippen LogP contribution in [-0.2, 0) is 9.59 Å². The van der Waals surface area contributed by atoms with Gasteiger partial charge in [-0.3, -0.25) is 9.59 Å². The number of thiophene rings is 1. The lowest BCUT2D eigenvalue weighted by molar-refractivity contribution is -0.143. The van der Waals surface area contributed by atoms with Crippen LogP contribution in [0.1, 0.15) is 42.2 Å². The van der Waals surface area contributed by atoms with Gasteiger partial charge in [0.15, 0.2) is 5.78 Å². The van der Waals surface area contributed by atoms with Gasteiger partial charge in [0.2, 0.25) is 5.91 Å². The number of nitrogens with zero attached hydrogens (tertiary/aromatic N) is 2. The van der Waals surface area contributed by atoms with Crippen LogP contribution >= 0.6 is 11.3 Å². The van der Waals surface area contributed by atoms with Crippen LogP contribution in [0.5, 0.6) is 0 Å². The highest BCUT2D eigenvalue weighted by Gasteiger charge is 2.42. The minimum atomic E-state index is -0.107. The van der Waals surface area contributed by atoms with Crippen molar-refractivity contribution in [2.75, 3.05) is 14.1 Å². The van der Waals surface area contributed by atoms with E-state index in [9.17, 15) is 9.59 Å². The summed E-state index contributed by atoms with van der Waals surface area (Å²) >= 11 is 1.61. The van der Waals surface area contributed by atoms with Crippen molar-refractivity contribution in [1.82, 2.24) is 10.0 Å². The molecular formula is C21H22N2O2S. The molecule has 0 bridgehead atoms. The first-order valence-corrected chi connectivity index (χ1v) is 9.84. The Bertz CT molecular complexity index is 855. The Labute approximate surface area is 157 Å². The van der Waals surface area contributed by atoms with Crippen molar-refractivity contribution in [3.8, 4) is 0 Å². The molecular weight excluding hydrogens is 344 g/mol. The van der Waals surface area contributed by atoms with E-state index in [-0.39, 0.29) is 23.5 Å². The van der Waals surface area contributed by atoms with E-state index in [0.29, 0.717) is 12.8 Å². The number of hydrogen-bond donors (Lipinski definition) is 0. The summed E-state index contributed by atoms with van der Waals surface area (Å²) < 4.78 is 0. The molecule has 0 radical (unpaired) electrons. The Hall–Kier alpha value is -2.24. The molecule has 0 N–H and O–H groups in total. The molecule has 0 saturated heterocycles. The van der Waals surface area contributed by atoms with Crippen LogP contribution < -0.4 is 0 Å². The number of hydrazine groups is 1. The number of Topliss-reactive ketones (excluding diaryl/α,β-unsaturated/α-hetero) is 1. The zero-order valence-corrected chi connectivity index (χ0v) is 15.8. The molecule has 26 heavy (non-hydrogen) atoms. The van der Waals surface area contributed by atoms with Crippen molar-refractivity contribution in [1.29, 1.82) is 0 Å². The largest absolute Gasteiger partial charge is 0.294 e. The Morgan fingerprint density at radius 3 is 2.42 bits per heavy atom. The van der Waals surface area contributed by atoms with E-state index in [4.69, 9.17) is 0 Å². The molecule has 134 valence electrons. The van der Waals surface area contributed by atoms with Crippen molar-refractivity contribution in [2.24, 2.45) is 0 Å². The summed E-state index contributed by atoms with van der Waals surface area (Å²) in [6, 6.07) is 12.2. The van der Waals surface area contributed by atoms with Crippen LogP contribution in [0.2, 0.25) is 0 Å². The van der Waals surface area contributed by atoms with Gasteiger partial charge in [-0.2, -0.15) is 11.3 Å². The molecule has 1 aliphatic carbocycles. The zero-order valence-electron chi connectivity index (χ0n) is 15.0. The standard InChI is InChI=1S/C21H22N2O2S/c1-22(2)23-18-10-16(14-6-4-3-5-7-14)11-19(24)21(18)17(12-20(23)25)15-8-9-26-13-15/h3-9,13,16-17H,10-12H2,1-2H3/t16-,17+/m0/s1. The van der Waals surface area contributed by atoms with E-state index in [1.54, 1.807) is 16.3 Å². The summed E-state index contributed by atoms with van der Waals surface area (Å²) in [6.45, 7) is 0. The fourth-order valence-corrected chi connectivity index (χ4v) is 4.92. The summed E-state index contributed by atoms with van der Waals surface area (Å²) in [5, 5.41) is 7.59. The predicted octanol–water partition coefficient (Wildman–Crippen LogP) is 3.94. The first kappa shape index (κ1) is 17.2. The van der Waals surface area contributed by atoms with Gasteiger partial charge < -0.3 is 0 Å². The predicted molar refractivity (Wildman–Crippen MR) is 103 cm³/mol. The number of ketones is 1. The molecule has 2 aromatic rings. The van der Waals surface area contributed by atoms with E-state index >= 15 is 0 Å². The van der Waals surface area contributed by atoms with Crippen LogP contribution in [0, 0.1) is 0 Å². The zero-order chi connectivity index (χ0) is 18.3. The van der Waals surface area contributed by atoms with E-state index < -0.39 is 0 Å². The Morgan fingerprint density at radius 1 is 1.00 bits per heavy atom.